The zero-order chi connectivity index (χ0) is 7.84. The fourth-order valence-electron chi connectivity index (χ4n) is 1.17. The number of thiophene rings is 1. The van der Waals surface area contributed by atoms with Crippen molar-refractivity contribution in [3.05, 3.63) is 20.3 Å². The van der Waals surface area contributed by atoms with E-state index in [1.165, 1.54) is 14.2 Å². The number of hydrogen-bond donors (Lipinski definition) is 1. The standard InChI is InChI=1S/C8H10BrNS/c1-5-7(9)2-8(11-5)6-3-10-4-6/h2,6,10H,3-4H2,1H3. The van der Waals surface area contributed by atoms with Gasteiger partial charge < -0.3 is 5.32 Å². The van der Waals surface area contributed by atoms with Crippen LogP contribution >= 0.6 is 27.3 Å². The van der Waals surface area contributed by atoms with Crippen molar-refractivity contribution in [3.8, 4) is 0 Å². The molecule has 1 saturated heterocycles. The summed E-state index contributed by atoms with van der Waals surface area (Å²) in [6, 6.07) is 2.26. The maximum atomic E-state index is 3.53. The Balaban J connectivity index is 2.24. The average molecular weight is 232 g/mol. The molecule has 2 rings (SSSR count). The van der Waals surface area contributed by atoms with Gasteiger partial charge in [-0.05, 0) is 28.9 Å². The first kappa shape index (κ1) is 7.77. The van der Waals surface area contributed by atoms with Gasteiger partial charge in [0.2, 0.25) is 0 Å². The molecule has 0 spiro atoms. The fraction of sp³-hybridized carbons (Fsp3) is 0.500. The summed E-state index contributed by atoms with van der Waals surface area (Å²) in [6.07, 6.45) is 0. The van der Waals surface area contributed by atoms with Crippen molar-refractivity contribution >= 4 is 27.3 Å². The fourth-order valence-corrected chi connectivity index (χ4v) is 2.83. The van der Waals surface area contributed by atoms with E-state index in [0.29, 0.717) is 0 Å². The van der Waals surface area contributed by atoms with Crippen LogP contribution in [-0.2, 0) is 0 Å². The first-order chi connectivity index (χ1) is 5.27. The SMILES string of the molecule is Cc1sc(C2CNC2)cc1Br. The van der Waals surface area contributed by atoms with E-state index in [0.717, 1.165) is 19.0 Å². The quantitative estimate of drug-likeness (QED) is 0.784. The van der Waals surface area contributed by atoms with Crippen LogP contribution in [0.5, 0.6) is 0 Å². The largest absolute Gasteiger partial charge is 0.315 e. The van der Waals surface area contributed by atoms with E-state index in [1.807, 2.05) is 11.3 Å². The summed E-state index contributed by atoms with van der Waals surface area (Å²) in [5, 5.41) is 3.28. The molecule has 0 aliphatic carbocycles. The summed E-state index contributed by atoms with van der Waals surface area (Å²) in [4.78, 5) is 2.92. The Bertz CT molecular complexity index is 246. The minimum absolute atomic E-state index is 0.782. The van der Waals surface area contributed by atoms with Crippen molar-refractivity contribution in [1.29, 1.82) is 0 Å². The molecule has 1 fully saturated rings. The van der Waals surface area contributed by atoms with E-state index >= 15 is 0 Å². The van der Waals surface area contributed by atoms with Crippen molar-refractivity contribution in [2.45, 2.75) is 12.8 Å². The van der Waals surface area contributed by atoms with E-state index in [4.69, 9.17) is 0 Å². The highest BCUT2D eigenvalue weighted by molar-refractivity contribution is 9.10. The van der Waals surface area contributed by atoms with Gasteiger partial charge in [-0.2, -0.15) is 0 Å². The molecule has 1 aromatic rings. The summed E-state index contributed by atoms with van der Waals surface area (Å²) < 4.78 is 1.27. The van der Waals surface area contributed by atoms with Crippen molar-refractivity contribution in [2.24, 2.45) is 0 Å². The molecular formula is C8H10BrNS. The van der Waals surface area contributed by atoms with Gasteiger partial charge >= 0.3 is 0 Å². The van der Waals surface area contributed by atoms with Crippen molar-refractivity contribution in [1.82, 2.24) is 5.32 Å². The average Bonchev–Trinajstić information content (AvgIpc) is 2.08. The van der Waals surface area contributed by atoms with Gasteiger partial charge in [0.25, 0.3) is 0 Å². The van der Waals surface area contributed by atoms with Gasteiger partial charge in [0.15, 0.2) is 0 Å². The number of aryl methyl sites for hydroxylation is 1. The van der Waals surface area contributed by atoms with E-state index < -0.39 is 0 Å². The molecule has 2 heterocycles. The van der Waals surface area contributed by atoms with Crippen LogP contribution in [0.3, 0.4) is 0 Å². The van der Waals surface area contributed by atoms with Crippen LogP contribution in [0.15, 0.2) is 10.5 Å². The third-order valence-electron chi connectivity index (χ3n) is 2.06. The minimum atomic E-state index is 0.782. The number of halogens is 1. The summed E-state index contributed by atoms with van der Waals surface area (Å²) in [5.74, 6) is 0.782. The van der Waals surface area contributed by atoms with Gasteiger partial charge in [0, 0.05) is 33.2 Å². The Morgan fingerprint density at radius 3 is 2.73 bits per heavy atom. The van der Waals surface area contributed by atoms with Crippen LogP contribution < -0.4 is 5.32 Å². The Morgan fingerprint density at radius 1 is 1.64 bits per heavy atom. The van der Waals surface area contributed by atoms with Gasteiger partial charge in [0.1, 0.15) is 0 Å². The smallest absolute Gasteiger partial charge is 0.0314 e. The lowest BCUT2D eigenvalue weighted by Crippen LogP contribution is -2.39. The normalized spacial score (nSPS) is 18.4. The maximum absolute atomic E-state index is 3.53. The molecule has 3 heteroatoms. The third kappa shape index (κ3) is 1.37. The minimum Gasteiger partial charge on any atom is -0.315 e. The molecule has 1 aliphatic rings. The van der Waals surface area contributed by atoms with Gasteiger partial charge in [-0.15, -0.1) is 11.3 Å². The zero-order valence-electron chi connectivity index (χ0n) is 6.36. The van der Waals surface area contributed by atoms with Crippen LogP contribution in [0.2, 0.25) is 0 Å². The molecule has 1 N–H and O–H groups in total. The van der Waals surface area contributed by atoms with Crippen LogP contribution in [0.4, 0.5) is 0 Å². The predicted octanol–water partition coefficient (Wildman–Crippen LogP) is 2.51. The van der Waals surface area contributed by atoms with E-state index in [-0.39, 0.29) is 0 Å². The molecule has 0 atom stereocenters. The Labute approximate surface area is 78.9 Å². The molecule has 0 amide bonds. The molecule has 0 radical (unpaired) electrons. The van der Waals surface area contributed by atoms with E-state index in [1.54, 1.807) is 0 Å². The highest BCUT2D eigenvalue weighted by atomic mass is 79.9. The molecule has 0 unspecified atom stereocenters. The topological polar surface area (TPSA) is 12.0 Å². The molecule has 1 nitrogen and oxygen atoms in total. The van der Waals surface area contributed by atoms with Gasteiger partial charge in [-0.3, -0.25) is 0 Å². The molecule has 0 bridgehead atoms. The summed E-state index contributed by atoms with van der Waals surface area (Å²) in [5.41, 5.74) is 0. The summed E-state index contributed by atoms with van der Waals surface area (Å²) in [6.45, 7) is 4.48. The first-order valence-electron chi connectivity index (χ1n) is 3.74. The van der Waals surface area contributed by atoms with Crippen molar-refractivity contribution in [3.63, 3.8) is 0 Å². The Hall–Kier alpha value is 0.140. The summed E-state index contributed by atoms with van der Waals surface area (Å²) >= 11 is 5.44. The third-order valence-corrected chi connectivity index (χ3v) is 4.36. The van der Waals surface area contributed by atoms with Crippen molar-refractivity contribution in [2.75, 3.05) is 13.1 Å². The molecule has 1 aromatic heterocycles. The van der Waals surface area contributed by atoms with E-state index in [2.05, 4.69) is 34.2 Å². The van der Waals surface area contributed by atoms with Gasteiger partial charge in [-0.25, -0.2) is 0 Å². The lowest BCUT2D eigenvalue weighted by molar-refractivity contribution is 0.454. The highest BCUT2D eigenvalue weighted by Gasteiger charge is 2.20. The molecular weight excluding hydrogens is 222 g/mol. The molecule has 11 heavy (non-hydrogen) atoms. The van der Waals surface area contributed by atoms with Gasteiger partial charge in [0.05, 0.1) is 0 Å². The Morgan fingerprint density at radius 2 is 2.36 bits per heavy atom. The second kappa shape index (κ2) is 2.88. The second-order valence-corrected chi connectivity index (χ2v) is 5.05. The Kier molecular flexibility index (Phi) is 2.04. The predicted molar refractivity (Wildman–Crippen MR) is 52.4 cm³/mol. The first-order valence-corrected chi connectivity index (χ1v) is 5.35. The van der Waals surface area contributed by atoms with Crippen LogP contribution in [0.25, 0.3) is 0 Å². The molecule has 0 saturated carbocycles. The van der Waals surface area contributed by atoms with Crippen LogP contribution in [-0.4, -0.2) is 13.1 Å². The van der Waals surface area contributed by atoms with Gasteiger partial charge in [-0.1, -0.05) is 0 Å². The molecule has 60 valence electrons. The van der Waals surface area contributed by atoms with Crippen LogP contribution in [0.1, 0.15) is 15.7 Å². The molecule has 1 aliphatic heterocycles. The monoisotopic (exact) mass is 231 g/mol. The number of nitrogens with one attached hydrogen (secondary N) is 1. The number of rotatable bonds is 1. The van der Waals surface area contributed by atoms with Crippen molar-refractivity contribution < 1.29 is 0 Å². The second-order valence-electron chi connectivity index (χ2n) is 2.91. The highest BCUT2D eigenvalue weighted by Crippen LogP contribution is 2.32. The zero-order valence-corrected chi connectivity index (χ0v) is 8.76. The number of hydrogen-bond acceptors (Lipinski definition) is 2. The lowest BCUT2D eigenvalue weighted by Gasteiger charge is -2.25. The molecule has 0 aromatic carbocycles. The summed E-state index contributed by atoms with van der Waals surface area (Å²) in [7, 11) is 0. The maximum Gasteiger partial charge on any atom is 0.0314 e. The lowest BCUT2D eigenvalue weighted by atomic mass is 10.0. The van der Waals surface area contributed by atoms with Crippen LogP contribution in [0, 0.1) is 6.92 Å². The van der Waals surface area contributed by atoms with E-state index in [9.17, 15) is 0 Å².